The molecule has 106 valence electrons. The van der Waals surface area contributed by atoms with E-state index in [9.17, 15) is 18.0 Å². The molecule has 0 aliphatic rings. The minimum atomic E-state index is -1.55. The molecule has 0 fully saturated rings. The van der Waals surface area contributed by atoms with E-state index < -0.39 is 23.4 Å². The lowest BCUT2D eigenvalue weighted by Crippen LogP contribution is -2.13. The van der Waals surface area contributed by atoms with Gasteiger partial charge >= 0.3 is 5.97 Å². The van der Waals surface area contributed by atoms with Gasteiger partial charge in [0.25, 0.3) is 0 Å². The number of halogens is 3. The molecule has 1 heterocycles. The Labute approximate surface area is 111 Å². The summed E-state index contributed by atoms with van der Waals surface area (Å²) in [6.45, 7) is -0.157. The van der Waals surface area contributed by atoms with Gasteiger partial charge in [-0.3, -0.25) is 4.68 Å². The fourth-order valence-corrected chi connectivity index (χ4v) is 1.70. The predicted octanol–water partition coefficient (Wildman–Crippen LogP) is 1.72. The van der Waals surface area contributed by atoms with Crippen molar-refractivity contribution in [3.8, 4) is 0 Å². The molecule has 20 heavy (non-hydrogen) atoms. The number of esters is 1. The number of nitrogen functional groups attached to an aromatic ring is 1. The Morgan fingerprint density at radius 3 is 2.45 bits per heavy atom. The van der Waals surface area contributed by atoms with Crippen molar-refractivity contribution in [1.82, 2.24) is 9.78 Å². The SMILES string of the molecule is COC(=O)c1cc(N)nn1Cc1cc(F)c(F)c(F)c1. The van der Waals surface area contributed by atoms with Crippen LogP contribution in [0.25, 0.3) is 0 Å². The fourth-order valence-electron chi connectivity index (χ4n) is 1.70. The molecule has 2 aromatic rings. The summed E-state index contributed by atoms with van der Waals surface area (Å²) in [6, 6.07) is 2.90. The second-order valence-corrected chi connectivity index (χ2v) is 3.98. The van der Waals surface area contributed by atoms with Crippen LogP contribution in [-0.4, -0.2) is 22.9 Å². The summed E-state index contributed by atoms with van der Waals surface area (Å²) in [5.74, 6) is -4.84. The number of methoxy groups -OCH3 is 1. The number of carbonyl (C=O) groups is 1. The molecule has 0 bridgehead atoms. The minimum absolute atomic E-state index is 0.0233. The van der Waals surface area contributed by atoms with Crippen molar-refractivity contribution in [3.63, 3.8) is 0 Å². The Bertz CT molecular complexity index is 647. The van der Waals surface area contributed by atoms with E-state index in [1.54, 1.807) is 0 Å². The summed E-state index contributed by atoms with van der Waals surface area (Å²) in [7, 11) is 1.17. The van der Waals surface area contributed by atoms with Gasteiger partial charge in [-0.1, -0.05) is 0 Å². The molecule has 0 atom stereocenters. The van der Waals surface area contributed by atoms with Crippen LogP contribution in [0.15, 0.2) is 18.2 Å². The Kier molecular flexibility index (Phi) is 3.64. The van der Waals surface area contributed by atoms with Crippen LogP contribution < -0.4 is 5.73 Å². The maximum atomic E-state index is 13.1. The monoisotopic (exact) mass is 285 g/mol. The second-order valence-electron chi connectivity index (χ2n) is 3.98. The van der Waals surface area contributed by atoms with Crippen molar-refractivity contribution in [2.75, 3.05) is 12.8 Å². The van der Waals surface area contributed by atoms with Crippen molar-refractivity contribution in [1.29, 1.82) is 0 Å². The molecule has 2 N–H and O–H groups in total. The Balaban J connectivity index is 2.37. The molecule has 1 aromatic carbocycles. The Morgan fingerprint density at radius 2 is 1.90 bits per heavy atom. The van der Waals surface area contributed by atoms with Crippen LogP contribution in [0.1, 0.15) is 16.1 Å². The van der Waals surface area contributed by atoms with E-state index in [2.05, 4.69) is 9.84 Å². The van der Waals surface area contributed by atoms with Crippen molar-refractivity contribution in [2.24, 2.45) is 0 Å². The third-order valence-electron chi connectivity index (χ3n) is 2.57. The molecule has 2 rings (SSSR count). The molecule has 0 aliphatic carbocycles. The zero-order valence-corrected chi connectivity index (χ0v) is 10.4. The first kappa shape index (κ1) is 13.9. The lowest BCUT2D eigenvalue weighted by molar-refractivity contribution is 0.0587. The van der Waals surface area contributed by atoms with Gasteiger partial charge in [-0.2, -0.15) is 5.10 Å². The zero-order chi connectivity index (χ0) is 14.9. The standard InChI is InChI=1S/C12H10F3N3O2/c1-20-12(19)9-4-10(16)17-18(9)5-6-2-7(13)11(15)8(14)3-6/h2-4H,5H2,1H3,(H2,16,17). The van der Waals surface area contributed by atoms with Gasteiger partial charge in [0.1, 0.15) is 11.5 Å². The highest BCUT2D eigenvalue weighted by atomic mass is 19.2. The molecule has 0 unspecified atom stereocenters. The van der Waals surface area contributed by atoms with E-state index in [1.807, 2.05) is 0 Å². The van der Waals surface area contributed by atoms with E-state index in [4.69, 9.17) is 5.73 Å². The summed E-state index contributed by atoms with van der Waals surface area (Å²) in [5, 5.41) is 3.81. The van der Waals surface area contributed by atoms with Crippen LogP contribution in [0, 0.1) is 17.5 Å². The predicted molar refractivity (Wildman–Crippen MR) is 63.4 cm³/mol. The van der Waals surface area contributed by atoms with Crippen LogP contribution in [0.5, 0.6) is 0 Å². The van der Waals surface area contributed by atoms with E-state index in [0.29, 0.717) is 0 Å². The average molecular weight is 285 g/mol. The largest absolute Gasteiger partial charge is 0.464 e. The topological polar surface area (TPSA) is 70.1 Å². The third kappa shape index (κ3) is 2.58. The number of benzene rings is 1. The molecule has 0 spiro atoms. The molecule has 0 radical (unpaired) electrons. The highest BCUT2D eigenvalue weighted by Crippen LogP contribution is 2.16. The lowest BCUT2D eigenvalue weighted by atomic mass is 10.2. The number of rotatable bonds is 3. The number of hydrogen-bond donors (Lipinski definition) is 1. The molecule has 0 saturated carbocycles. The van der Waals surface area contributed by atoms with Crippen LogP contribution >= 0.6 is 0 Å². The molecule has 0 aliphatic heterocycles. The van der Waals surface area contributed by atoms with Gasteiger partial charge in [-0.05, 0) is 17.7 Å². The molecule has 0 saturated heterocycles. The minimum Gasteiger partial charge on any atom is -0.464 e. The number of hydrogen-bond acceptors (Lipinski definition) is 4. The number of nitrogens with two attached hydrogens (primary N) is 1. The van der Waals surface area contributed by atoms with Gasteiger partial charge in [0.2, 0.25) is 0 Å². The van der Waals surface area contributed by atoms with Crippen LogP contribution in [0.4, 0.5) is 19.0 Å². The summed E-state index contributed by atoms with van der Waals surface area (Å²) in [5.41, 5.74) is 5.58. The maximum absolute atomic E-state index is 13.1. The molecule has 0 amide bonds. The first-order valence-corrected chi connectivity index (χ1v) is 5.47. The van der Waals surface area contributed by atoms with Gasteiger partial charge in [0, 0.05) is 6.07 Å². The van der Waals surface area contributed by atoms with Crippen molar-refractivity contribution in [2.45, 2.75) is 6.54 Å². The normalized spacial score (nSPS) is 10.6. The highest BCUT2D eigenvalue weighted by molar-refractivity contribution is 5.88. The van der Waals surface area contributed by atoms with E-state index in [0.717, 1.165) is 16.8 Å². The summed E-state index contributed by atoms with van der Waals surface area (Å²) in [6.07, 6.45) is 0. The maximum Gasteiger partial charge on any atom is 0.356 e. The van der Waals surface area contributed by atoms with Crippen molar-refractivity contribution < 1.29 is 22.7 Å². The summed E-state index contributed by atoms with van der Waals surface area (Å²) in [4.78, 5) is 11.5. The number of ether oxygens (including phenoxy) is 1. The quantitative estimate of drug-likeness (QED) is 0.688. The smallest absolute Gasteiger partial charge is 0.356 e. The first-order valence-electron chi connectivity index (χ1n) is 5.47. The van der Waals surface area contributed by atoms with E-state index in [-0.39, 0.29) is 23.6 Å². The van der Waals surface area contributed by atoms with Crippen LogP contribution in [-0.2, 0) is 11.3 Å². The number of aromatic nitrogens is 2. The Hall–Kier alpha value is -2.51. The van der Waals surface area contributed by atoms with Gasteiger partial charge < -0.3 is 10.5 Å². The van der Waals surface area contributed by atoms with Crippen LogP contribution in [0.2, 0.25) is 0 Å². The molecular formula is C12H10F3N3O2. The zero-order valence-electron chi connectivity index (χ0n) is 10.4. The molecule has 1 aromatic heterocycles. The second kappa shape index (κ2) is 5.24. The van der Waals surface area contributed by atoms with E-state index in [1.165, 1.54) is 13.2 Å². The third-order valence-corrected chi connectivity index (χ3v) is 2.57. The van der Waals surface area contributed by atoms with E-state index >= 15 is 0 Å². The summed E-state index contributed by atoms with van der Waals surface area (Å²) < 4.78 is 44.7. The fraction of sp³-hybridized carbons (Fsp3) is 0.167. The van der Waals surface area contributed by atoms with Crippen molar-refractivity contribution in [3.05, 3.63) is 46.9 Å². The molecule has 8 heteroatoms. The lowest BCUT2D eigenvalue weighted by Gasteiger charge is -2.07. The summed E-state index contributed by atoms with van der Waals surface area (Å²) >= 11 is 0. The number of anilines is 1. The number of nitrogens with zero attached hydrogens (tertiary/aromatic N) is 2. The van der Waals surface area contributed by atoms with Gasteiger partial charge in [-0.15, -0.1) is 0 Å². The van der Waals surface area contributed by atoms with Gasteiger partial charge in [-0.25, -0.2) is 18.0 Å². The highest BCUT2D eigenvalue weighted by Gasteiger charge is 2.17. The van der Waals surface area contributed by atoms with Gasteiger partial charge in [0.15, 0.2) is 17.5 Å². The van der Waals surface area contributed by atoms with Gasteiger partial charge in [0.05, 0.1) is 13.7 Å². The van der Waals surface area contributed by atoms with Crippen molar-refractivity contribution >= 4 is 11.8 Å². The number of carbonyl (C=O) groups excluding carboxylic acids is 1. The Morgan fingerprint density at radius 1 is 1.30 bits per heavy atom. The molecule has 5 nitrogen and oxygen atoms in total. The first-order chi connectivity index (χ1) is 9.42. The molecular weight excluding hydrogens is 275 g/mol. The average Bonchev–Trinajstić information content (AvgIpc) is 2.75. The van der Waals surface area contributed by atoms with Crippen LogP contribution in [0.3, 0.4) is 0 Å².